The lowest BCUT2D eigenvalue weighted by molar-refractivity contribution is 0.0538. The van der Waals surface area contributed by atoms with Crippen LogP contribution in [0.2, 0.25) is 0 Å². The Morgan fingerprint density at radius 3 is 2.71 bits per heavy atom. The van der Waals surface area contributed by atoms with Crippen molar-refractivity contribution in [2.75, 3.05) is 13.2 Å². The summed E-state index contributed by atoms with van der Waals surface area (Å²) in [7, 11) is 0. The lowest BCUT2D eigenvalue weighted by atomic mass is 10.2. The highest BCUT2D eigenvalue weighted by Gasteiger charge is 2.11. The van der Waals surface area contributed by atoms with Crippen LogP contribution >= 0.6 is 15.9 Å². The quantitative estimate of drug-likeness (QED) is 0.821. The molecule has 0 bridgehead atoms. The number of halogens is 1. The lowest BCUT2D eigenvalue weighted by Gasteiger charge is -2.11. The zero-order chi connectivity index (χ0) is 12.8. The second-order valence-electron chi connectivity index (χ2n) is 3.71. The molecule has 17 heavy (non-hydrogen) atoms. The summed E-state index contributed by atoms with van der Waals surface area (Å²) in [4.78, 5) is 11.0. The van der Waals surface area contributed by atoms with Gasteiger partial charge in [0, 0.05) is 4.47 Å². The van der Waals surface area contributed by atoms with Crippen molar-refractivity contribution in [2.24, 2.45) is 0 Å². The monoisotopic (exact) mass is 302 g/mol. The molecule has 0 radical (unpaired) electrons. The van der Waals surface area contributed by atoms with Crippen molar-refractivity contribution in [3.8, 4) is 5.75 Å². The number of hydrogen-bond donors (Lipinski definition) is 1. The highest BCUT2D eigenvalue weighted by molar-refractivity contribution is 9.10. The van der Waals surface area contributed by atoms with Crippen molar-refractivity contribution in [2.45, 2.75) is 20.0 Å². The van der Waals surface area contributed by atoms with Crippen molar-refractivity contribution in [1.82, 2.24) is 0 Å². The number of carboxylic acids is 1. The maximum absolute atomic E-state index is 11.0. The first kappa shape index (κ1) is 14.0. The van der Waals surface area contributed by atoms with E-state index >= 15 is 0 Å². The van der Waals surface area contributed by atoms with Crippen LogP contribution in [0.15, 0.2) is 22.7 Å². The number of benzene rings is 1. The predicted octanol–water partition coefficient (Wildman–Crippen LogP) is 2.95. The summed E-state index contributed by atoms with van der Waals surface area (Å²) in [6.45, 7) is 4.64. The Morgan fingerprint density at radius 2 is 2.12 bits per heavy atom. The first-order valence-electron chi connectivity index (χ1n) is 5.28. The number of hydrogen-bond acceptors (Lipinski definition) is 3. The molecule has 0 saturated carbocycles. The largest absolute Gasteiger partial charge is 0.490 e. The first-order valence-corrected chi connectivity index (χ1v) is 6.07. The molecule has 1 aromatic carbocycles. The number of aromatic carboxylic acids is 1. The molecule has 0 atom stereocenters. The minimum absolute atomic E-state index is 0.141. The third-order valence-electron chi connectivity index (χ3n) is 1.96. The SMILES string of the molecule is CC(C)OCCOc1ccc(Br)cc1C(=O)O. The molecular formula is C12H15BrO4. The predicted molar refractivity (Wildman–Crippen MR) is 67.7 cm³/mol. The van der Waals surface area contributed by atoms with Crippen molar-refractivity contribution in [3.05, 3.63) is 28.2 Å². The molecule has 0 heterocycles. The summed E-state index contributed by atoms with van der Waals surface area (Å²) in [5.41, 5.74) is 0.143. The zero-order valence-corrected chi connectivity index (χ0v) is 11.4. The van der Waals surface area contributed by atoms with Crippen LogP contribution in [0.3, 0.4) is 0 Å². The van der Waals surface area contributed by atoms with Gasteiger partial charge >= 0.3 is 5.97 Å². The Labute approximate surface area is 109 Å². The van der Waals surface area contributed by atoms with Crippen LogP contribution in [0.4, 0.5) is 0 Å². The van der Waals surface area contributed by atoms with Gasteiger partial charge in [0.15, 0.2) is 0 Å². The maximum atomic E-state index is 11.0. The fourth-order valence-electron chi connectivity index (χ4n) is 1.23. The van der Waals surface area contributed by atoms with Gasteiger partial charge in [-0.3, -0.25) is 0 Å². The molecule has 0 unspecified atom stereocenters. The molecule has 4 nitrogen and oxygen atoms in total. The molecule has 0 aromatic heterocycles. The van der Waals surface area contributed by atoms with Gasteiger partial charge < -0.3 is 14.6 Å². The van der Waals surface area contributed by atoms with Gasteiger partial charge in [-0.1, -0.05) is 15.9 Å². The van der Waals surface area contributed by atoms with Gasteiger partial charge in [0.1, 0.15) is 17.9 Å². The van der Waals surface area contributed by atoms with E-state index in [0.29, 0.717) is 23.4 Å². The van der Waals surface area contributed by atoms with E-state index in [1.54, 1.807) is 12.1 Å². The van der Waals surface area contributed by atoms with Crippen LogP contribution in [0.25, 0.3) is 0 Å². The molecule has 1 N–H and O–H groups in total. The minimum Gasteiger partial charge on any atom is -0.490 e. The summed E-state index contributed by atoms with van der Waals surface area (Å²) >= 11 is 3.22. The molecule has 0 saturated heterocycles. The Morgan fingerprint density at radius 1 is 1.41 bits per heavy atom. The first-order chi connectivity index (χ1) is 8.00. The average molecular weight is 303 g/mol. The van der Waals surface area contributed by atoms with E-state index in [1.807, 2.05) is 13.8 Å². The fourth-order valence-corrected chi connectivity index (χ4v) is 1.59. The third-order valence-corrected chi connectivity index (χ3v) is 2.46. The normalized spacial score (nSPS) is 10.6. The average Bonchev–Trinajstić information content (AvgIpc) is 2.25. The maximum Gasteiger partial charge on any atom is 0.339 e. The van der Waals surface area contributed by atoms with Crippen LogP contribution in [-0.4, -0.2) is 30.4 Å². The summed E-state index contributed by atoms with van der Waals surface area (Å²) in [6.07, 6.45) is 0.141. The van der Waals surface area contributed by atoms with Gasteiger partial charge in [-0.15, -0.1) is 0 Å². The molecule has 0 spiro atoms. The van der Waals surface area contributed by atoms with Crippen molar-refractivity contribution >= 4 is 21.9 Å². The van der Waals surface area contributed by atoms with Gasteiger partial charge in [-0.25, -0.2) is 4.79 Å². The van der Waals surface area contributed by atoms with Crippen LogP contribution < -0.4 is 4.74 Å². The zero-order valence-electron chi connectivity index (χ0n) is 9.77. The van der Waals surface area contributed by atoms with E-state index < -0.39 is 5.97 Å². The van der Waals surface area contributed by atoms with Gasteiger partial charge in [-0.05, 0) is 32.0 Å². The summed E-state index contributed by atoms with van der Waals surface area (Å²) < 4.78 is 11.4. The molecule has 0 amide bonds. The Kier molecular flexibility index (Phi) is 5.44. The molecule has 1 rings (SSSR count). The van der Waals surface area contributed by atoms with E-state index in [4.69, 9.17) is 14.6 Å². The second kappa shape index (κ2) is 6.61. The molecule has 94 valence electrons. The lowest BCUT2D eigenvalue weighted by Crippen LogP contribution is -2.12. The van der Waals surface area contributed by atoms with E-state index in [-0.39, 0.29) is 11.7 Å². The van der Waals surface area contributed by atoms with Gasteiger partial charge in [0.25, 0.3) is 0 Å². The summed E-state index contributed by atoms with van der Waals surface area (Å²) in [5, 5.41) is 9.00. The third kappa shape index (κ3) is 4.75. The number of carbonyl (C=O) groups is 1. The topological polar surface area (TPSA) is 55.8 Å². The molecule has 0 fully saturated rings. The van der Waals surface area contributed by atoms with Gasteiger partial charge in [0.05, 0.1) is 12.7 Å². The number of rotatable bonds is 6. The molecule has 0 aliphatic heterocycles. The van der Waals surface area contributed by atoms with Crippen LogP contribution in [0, 0.1) is 0 Å². The molecule has 5 heteroatoms. The highest BCUT2D eigenvalue weighted by atomic mass is 79.9. The van der Waals surface area contributed by atoms with Crippen molar-refractivity contribution in [3.63, 3.8) is 0 Å². The Hall–Kier alpha value is -1.07. The molecule has 0 aliphatic carbocycles. The van der Waals surface area contributed by atoms with Crippen molar-refractivity contribution in [1.29, 1.82) is 0 Å². The smallest absolute Gasteiger partial charge is 0.339 e. The van der Waals surface area contributed by atoms with Crippen molar-refractivity contribution < 1.29 is 19.4 Å². The second-order valence-corrected chi connectivity index (χ2v) is 4.63. The fraction of sp³-hybridized carbons (Fsp3) is 0.417. The standard InChI is InChI=1S/C12H15BrO4/c1-8(2)16-5-6-17-11-4-3-9(13)7-10(11)12(14)15/h3-4,7-8H,5-6H2,1-2H3,(H,14,15). The van der Waals surface area contributed by atoms with E-state index in [2.05, 4.69) is 15.9 Å². The molecular weight excluding hydrogens is 288 g/mol. The Bertz CT molecular complexity index is 390. The number of ether oxygens (including phenoxy) is 2. The van der Waals surface area contributed by atoms with Gasteiger partial charge in [0.2, 0.25) is 0 Å². The Balaban J connectivity index is 2.61. The molecule has 0 aliphatic rings. The summed E-state index contributed by atoms with van der Waals surface area (Å²) in [6, 6.07) is 4.88. The van der Waals surface area contributed by atoms with Crippen LogP contribution in [-0.2, 0) is 4.74 Å². The van der Waals surface area contributed by atoms with Crippen LogP contribution in [0.5, 0.6) is 5.75 Å². The van der Waals surface area contributed by atoms with E-state index in [0.717, 1.165) is 0 Å². The minimum atomic E-state index is -1.01. The van der Waals surface area contributed by atoms with Crippen LogP contribution in [0.1, 0.15) is 24.2 Å². The number of carboxylic acid groups (broad SMARTS) is 1. The summed E-state index contributed by atoms with van der Waals surface area (Å²) in [5.74, 6) is -0.654. The van der Waals surface area contributed by atoms with E-state index in [9.17, 15) is 4.79 Å². The highest BCUT2D eigenvalue weighted by Crippen LogP contribution is 2.23. The van der Waals surface area contributed by atoms with Gasteiger partial charge in [-0.2, -0.15) is 0 Å². The van der Waals surface area contributed by atoms with E-state index in [1.165, 1.54) is 6.07 Å². The molecule has 1 aromatic rings.